The molecule has 0 aromatic rings. The van der Waals surface area contributed by atoms with Gasteiger partial charge in [-0.05, 0) is 45.1 Å². The lowest BCUT2D eigenvalue weighted by Crippen LogP contribution is -2.48. The Labute approximate surface area is 136 Å². The second-order valence-corrected chi connectivity index (χ2v) is 7.43. The molecule has 0 bridgehead atoms. The first-order chi connectivity index (χ1) is 10.4. The normalized spacial score (nSPS) is 21.2. The van der Waals surface area contributed by atoms with Crippen LogP contribution < -0.4 is 10.6 Å². The van der Waals surface area contributed by atoms with Crippen LogP contribution in [0, 0.1) is 11.8 Å². The molecule has 1 unspecified atom stereocenters. The van der Waals surface area contributed by atoms with Crippen molar-refractivity contribution in [2.45, 2.75) is 46.1 Å². The Kier molecular flexibility index (Phi) is 8.18. The van der Waals surface area contributed by atoms with Crippen molar-refractivity contribution >= 4 is 5.96 Å². The molecule has 1 aliphatic rings. The fraction of sp³-hybridized carbons (Fsp3) is 0.941. The van der Waals surface area contributed by atoms with E-state index in [0.717, 1.165) is 25.0 Å². The van der Waals surface area contributed by atoms with Gasteiger partial charge in [0.15, 0.2) is 5.96 Å². The van der Waals surface area contributed by atoms with Crippen molar-refractivity contribution in [2.75, 3.05) is 46.9 Å². The summed E-state index contributed by atoms with van der Waals surface area (Å²) in [7, 11) is 3.56. The maximum atomic E-state index is 5.43. The van der Waals surface area contributed by atoms with Gasteiger partial charge in [-0.3, -0.25) is 4.99 Å². The number of hydrogen-bond donors (Lipinski definition) is 2. The molecule has 0 amide bonds. The summed E-state index contributed by atoms with van der Waals surface area (Å²) < 4.78 is 5.43. The first kappa shape index (κ1) is 19.2. The number of aliphatic imine (C=N–C) groups is 1. The van der Waals surface area contributed by atoms with Gasteiger partial charge >= 0.3 is 0 Å². The van der Waals surface area contributed by atoms with Gasteiger partial charge in [-0.1, -0.05) is 13.8 Å². The van der Waals surface area contributed by atoms with E-state index in [1.165, 1.54) is 32.5 Å². The number of piperidine rings is 1. The van der Waals surface area contributed by atoms with Crippen molar-refractivity contribution in [1.82, 2.24) is 15.5 Å². The number of ether oxygens (including phenoxy) is 1. The first-order valence-corrected chi connectivity index (χ1v) is 8.58. The summed E-state index contributed by atoms with van der Waals surface area (Å²) in [5.41, 5.74) is -0.184. The zero-order valence-electron chi connectivity index (χ0n) is 15.4. The summed E-state index contributed by atoms with van der Waals surface area (Å²) in [5, 5.41) is 6.81. The lowest BCUT2D eigenvalue weighted by Gasteiger charge is -2.34. The summed E-state index contributed by atoms with van der Waals surface area (Å²) in [6.45, 7) is 14.1. The average molecular weight is 313 g/mol. The molecule has 1 aliphatic heterocycles. The van der Waals surface area contributed by atoms with Crippen LogP contribution in [0.15, 0.2) is 4.99 Å². The molecule has 0 radical (unpaired) electrons. The number of nitrogens with zero attached hydrogens (tertiary/aromatic N) is 2. The van der Waals surface area contributed by atoms with Crippen LogP contribution in [0.5, 0.6) is 0 Å². The quantitative estimate of drug-likeness (QED) is 0.557. The zero-order valence-corrected chi connectivity index (χ0v) is 15.4. The van der Waals surface area contributed by atoms with Crippen LogP contribution in [-0.2, 0) is 4.74 Å². The lowest BCUT2D eigenvalue weighted by molar-refractivity contribution is 0.0268. The fourth-order valence-electron chi connectivity index (χ4n) is 2.83. The van der Waals surface area contributed by atoms with E-state index in [0.29, 0.717) is 5.92 Å². The number of methoxy groups -OCH3 is 1. The maximum absolute atomic E-state index is 5.43. The minimum absolute atomic E-state index is 0.184. The predicted octanol–water partition coefficient (Wildman–Crippen LogP) is 1.94. The molecule has 130 valence electrons. The third-order valence-corrected chi connectivity index (χ3v) is 4.24. The van der Waals surface area contributed by atoms with Crippen molar-refractivity contribution in [3.63, 3.8) is 0 Å². The Morgan fingerprint density at radius 3 is 2.68 bits per heavy atom. The van der Waals surface area contributed by atoms with E-state index in [-0.39, 0.29) is 5.60 Å². The van der Waals surface area contributed by atoms with Crippen LogP contribution >= 0.6 is 0 Å². The van der Waals surface area contributed by atoms with E-state index in [1.54, 1.807) is 7.11 Å². The molecule has 5 nitrogen and oxygen atoms in total. The molecule has 0 aliphatic carbocycles. The molecule has 1 rings (SSSR count). The molecule has 0 spiro atoms. The summed E-state index contributed by atoms with van der Waals surface area (Å²) in [5.74, 6) is 2.32. The van der Waals surface area contributed by atoms with E-state index in [2.05, 4.69) is 48.2 Å². The number of rotatable bonds is 7. The third kappa shape index (κ3) is 7.45. The van der Waals surface area contributed by atoms with Crippen molar-refractivity contribution < 1.29 is 4.74 Å². The standard InChI is InChI=1S/C17H36N4O/c1-14(2)11-21-9-7-8-15(12-21)10-19-16(18-5)20-13-17(3,4)22-6/h14-15H,7-13H2,1-6H3,(H2,18,19,20). The van der Waals surface area contributed by atoms with Crippen LogP contribution in [0.2, 0.25) is 0 Å². The molecular weight excluding hydrogens is 276 g/mol. The third-order valence-electron chi connectivity index (χ3n) is 4.24. The van der Waals surface area contributed by atoms with Gasteiger partial charge in [0.05, 0.1) is 5.60 Å². The summed E-state index contributed by atoms with van der Waals surface area (Å²) in [6.07, 6.45) is 2.62. The van der Waals surface area contributed by atoms with Crippen LogP contribution in [-0.4, -0.2) is 63.3 Å². The van der Waals surface area contributed by atoms with Crippen molar-refractivity contribution in [3.05, 3.63) is 0 Å². The molecule has 22 heavy (non-hydrogen) atoms. The minimum Gasteiger partial charge on any atom is -0.377 e. The average Bonchev–Trinajstić information content (AvgIpc) is 2.47. The highest BCUT2D eigenvalue weighted by Gasteiger charge is 2.21. The zero-order chi connectivity index (χ0) is 16.6. The Morgan fingerprint density at radius 1 is 1.36 bits per heavy atom. The van der Waals surface area contributed by atoms with Gasteiger partial charge in [-0.2, -0.15) is 0 Å². The van der Waals surface area contributed by atoms with Gasteiger partial charge in [0, 0.05) is 40.3 Å². The van der Waals surface area contributed by atoms with Gasteiger partial charge in [0.25, 0.3) is 0 Å². The highest BCUT2D eigenvalue weighted by Crippen LogP contribution is 2.16. The molecule has 1 fully saturated rings. The van der Waals surface area contributed by atoms with E-state index >= 15 is 0 Å². The SMILES string of the molecule is CN=C(NCC1CCCN(CC(C)C)C1)NCC(C)(C)OC. The van der Waals surface area contributed by atoms with Crippen molar-refractivity contribution in [2.24, 2.45) is 16.8 Å². The number of hydrogen-bond acceptors (Lipinski definition) is 3. The molecule has 1 saturated heterocycles. The van der Waals surface area contributed by atoms with Gasteiger partial charge < -0.3 is 20.3 Å². The predicted molar refractivity (Wildman–Crippen MR) is 94.5 cm³/mol. The molecule has 1 atom stereocenters. The minimum atomic E-state index is -0.184. The van der Waals surface area contributed by atoms with Crippen LogP contribution in [0.25, 0.3) is 0 Å². The highest BCUT2D eigenvalue weighted by molar-refractivity contribution is 5.79. The van der Waals surface area contributed by atoms with Crippen LogP contribution in [0.3, 0.4) is 0 Å². The Hall–Kier alpha value is -0.810. The van der Waals surface area contributed by atoms with Crippen molar-refractivity contribution in [1.29, 1.82) is 0 Å². The second kappa shape index (κ2) is 9.36. The van der Waals surface area contributed by atoms with Gasteiger partial charge in [-0.25, -0.2) is 0 Å². The fourth-order valence-corrected chi connectivity index (χ4v) is 2.83. The maximum Gasteiger partial charge on any atom is 0.191 e. The summed E-state index contributed by atoms with van der Waals surface area (Å²) in [6, 6.07) is 0. The number of guanidine groups is 1. The molecule has 1 heterocycles. The monoisotopic (exact) mass is 312 g/mol. The smallest absolute Gasteiger partial charge is 0.191 e. The summed E-state index contributed by atoms with van der Waals surface area (Å²) >= 11 is 0. The molecule has 0 aromatic carbocycles. The summed E-state index contributed by atoms with van der Waals surface area (Å²) in [4.78, 5) is 6.90. The van der Waals surface area contributed by atoms with E-state index < -0.39 is 0 Å². The van der Waals surface area contributed by atoms with E-state index in [1.807, 2.05) is 7.05 Å². The van der Waals surface area contributed by atoms with Crippen LogP contribution in [0.4, 0.5) is 0 Å². The largest absolute Gasteiger partial charge is 0.377 e. The highest BCUT2D eigenvalue weighted by atomic mass is 16.5. The molecule has 0 saturated carbocycles. The Bertz CT molecular complexity index is 342. The topological polar surface area (TPSA) is 48.9 Å². The van der Waals surface area contributed by atoms with Crippen LogP contribution in [0.1, 0.15) is 40.5 Å². The second-order valence-electron chi connectivity index (χ2n) is 7.43. The molecule has 0 aromatic heterocycles. The lowest BCUT2D eigenvalue weighted by atomic mass is 9.97. The molecular formula is C17H36N4O. The molecule has 2 N–H and O–H groups in total. The first-order valence-electron chi connectivity index (χ1n) is 8.58. The van der Waals surface area contributed by atoms with Gasteiger partial charge in [0.1, 0.15) is 0 Å². The number of likely N-dealkylation sites (tertiary alicyclic amines) is 1. The number of nitrogens with one attached hydrogen (secondary N) is 2. The Balaban J connectivity index is 2.33. The van der Waals surface area contributed by atoms with E-state index in [9.17, 15) is 0 Å². The van der Waals surface area contributed by atoms with Gasteiger partial charge in [-0.15, -0.1) is 0 Å². The Morgan fingerprint density at radius 2 is 2.09 bits per heavy atom. The van der Waals surface area contributed by atoms with Gasteiger partial charge in [0.2, 0.25) is 0 Å². The van der Waals surface area contributed by atoms with Crippen molar-refractivity contribution in [3.8, 4) is 0 Å². The molecule has 5 heteroatoms. The van der Waals surface area contributed by atoms with E-state index in [4.69, 9.17) is 4.74 Å².